The SMILES string of the molecule is Cc1oc(-c2ccccc2)nc1C(=O)N1CCSc2ccc(Cl)cc21. The number of nitrogens with zero attached hydrogens (tertiary/aromatic N) is 2. The van der Waals surface area contributed by atoms with E-state index in [1.165, 1.54) is 0 Å². The van der Waals surface area contributed by atoms with Crippen molar-refractivity contribution in [1.29, 1.82) is 0 Å². The van der Waals surface area contributed by atoms with Crippen LogP contribution >= 0.6 is 23.4 Å². The molecule has 0 fully saturated rings. The second-order valence-corrected chi connectivity index (χ2v) is 7.28. The Bertz CT molecular complexity index is 940. The lowest BCUT2D eigenvalue weighted by molar-refractivity contribution is 0.0982. The molecule has 1 aliphatic heterocycles. The maximum atomic E-state index is 13.1. The van der Waals surface area contributed by atoms with Crippen LogP contribution in [-0.4, -0.2) is 23.2 Å². The lowest BCUT2D eigenvalue weighted by atomic mass is 10.2. The lowest BCUT2D eigenvalue weighted by Gasteiger charge is -2.28. The van der Waals surface area contributed by atoms with Gasteiger partial charge in [0.15, 0.2) is 5.69 Å². The zero-order chi connectivity index (χ0) is 17.4. The number of carbonyl (C=O) groups is 1. The largest absolute Gasteiger partial charge is 0.441 e. The Morgan fingerprint density at radius 2 is 2.04 bits per heavy atom. The molecule has 0 bridgehead atoms. The number of thioether (sulfide) groups is 1. The van der Waals surface area contributed by atoms with Gasteiger partial charge in [-0.15, -0.1) is 11.8 Å². The minimum Gasteiger partial charge on any atom is -0.441 e. The third-order valence-corrected chi connectivity index (χ3v) is 5.33. The molecule has 3 aromatic rings. The Labute approximate surface area is 154 Å². The summed E-state index contributed by atoms with van der Waals surface area (Å²) < 4.78 is 5.73. The van der Waals surface area contributed by atoms with E-state index in [1.807, 2.05) is 48.5 Å². The third kappa shape index (κ3) is 3.05. The average Bonchev–Trinajstić information content (AvgIpc) is 3.03. The minimum atomic E-state index is -0.160. The first-order chi connectivity index (χ1) is 12.1. The van der Waals surface area contributed by atoms with Crippen LogP contribution in [-0.2, 0) is 0 Å². The Morgan fingerprint density at radius 1 is 1.24 bits per heavy atom. The zero-order valence-corrected chi connectivity index (χ0v) is 15.1. The molecule has 6 heteroatoms. The van der Waals surface area contributed by atoms with Crippen molar-refractivity contribution in [2.75, 3.05) is 17.2 Å². The van der Waals surface area contributed by atoms with Gasteiger partial charge in [0.25, 0.3) is 5.91 Å². The molecule has 2 heterocycles. The fourth-order valence-corrected chi connectivity index (χ4v) is 3.97. The fourth-order valence-electron chi connectivity index (χ4n) is 2.83. The van der Waals surface area contributed by atoms with Crippen molar-refractivity contribution in [2.24, 2.45) is 0 Å². The van der Waals surface area contributed by atoms with E-state index in [2.05, 4.69) is 4.98 Å². The van der Waals surface area contributed by atoms with Gasteiger partial charge in [0.1, 0.15) is 5.76 Å². The predicted octanol–water partition coefficient (Wildman–Crippen LogP) is 5.06. The monoisotopic (exact) mass is 370 g/mol. The number of carbonyl (C=O) groups excluding carboxylic acids is 1. The molecule has 0 radical (unpaired) electrons. The van der Waals surface area contributed by atoms with Gasteiger partial charge in [0, 0.05) is 27.8 Å². The molecule has 1 amide bonds. The van der Waals surface area contributed by atoms with Crippen LogP contribution in [0.1, 0.15) is 16.2 Å². The third-order valence-electron chi connectivity index (χ3n) is 4.05. The number of hydrogen-bond acceptors (Lipinski definition) is 4. The molecule has 1 aliphatic rings. The maximum absolute atomic E-state index is 13.1. The van der Waals surface area contributed by atoms with Crippen LogP contribution in [0.2, 0.25) is 5.02 Å². The van der Waals surface area contributed by atoms with Crippen LogP contribution in [0.4, 0.5) is 5.69 Å². The number of fused-ring (bicyclic) bond motifs is 1. The van der Waals surface area contributed by atoms with Gasteiger partial charge in [-0.3, -0.25) is 4.79 Å². The highest BCUT2D eigenvalue weighted by Crippen LogP contribution is 2.37. The number of aromatic nitrogens is 1. The van der Waals surface area contributed by atoms with Crippen molar-refractivity contribution in [3.8, 4) is 11.5 Å². The fraction of sp³-hybridized carbons (Fsp3) is 0.158. The Morgan fingerprint density at radius 3 is 2.84 bits per heavy atom. The van der Waals surface area contributed by atoms with Crippen LogP contribution < -0.4 is 4.90 Å². The van der Waals surface area contributed by atoms with Crippen molar-refractivity contribution in [3.05, 3.63) is 65.0 Å². The molecule has 4 nitrogen and oxygen atoms in total. The summed E-state index contributed by atoms with van der Waals surface area (Å²) in [5.41, 5.74) is 2.02. The van der Waals surface area contributed by atoms with Gasteiger partial charge in [0.2, 0.25) is 5.89 Å². The normalized spacial score (nSPS) is 13.6. The first kappa shape index (κ1) is 16.2. The molecule has 0 spiro atoms. The molecule has 0 aliphatic carbocycles. The summed E-state index contributed by atoms with van der Waals surface area (Å²) in [6, 6.07) is 15.2. The summed E-state index contributed by atoms with van der Waals surface area (Å²) in [6.45, 7) is 2.38. The summed E-state index contributed by atoms with van der Waals surface area (Å²) >= 11 is 7.85. The van der Waals surface area contributed by atoms with Crippen LogP contribution in [0.15, 0.2) is 57.8 Å². The highest BCUT2D eigenvalue weighted by atomic mass is 35.5. The summed E-state index contributed by atoms with van der Waals surface area (Å²) in [4.78, 5) is 20.3. The smallest absolute Gasteiger partial charge is 0.280 e. The van der Waals surface area contributed by atoms with E-state index in [1.54, 1.807) is 23.6 Å². The minimum absolute atomic E-state index is 0.160. The van der Waals surface area contributed by atoms with Gasteiger partial charge < -0.3 is 9.32 Å². The topological polar surface area (TPSA) is 46.3 Å². The lowest BCUT2D eigenvalue weighted by Crippen LogP contribution is -2.36. The van der Waals surface area contributed by atoms with Gasteiger partial charge in [0.05, 0.1) is 5.69 Å². The second kappa shape index (κ2) is 6.58. The van der Waals surface area contributed by atoms with E-state index in [0.717, 1.165) is 21.9 Å². The van der Waals surface area contributed by atoms with E-state index in [9.17, 15) is 4.79 Å². The number of oxazole rings is 1. The zero-order valence-electron chi connectivity index (χ0n) is 13.5. The molecular formula is C19H15ClN2O2S. The second-order valence-electron chi connectivity index (χ2n) is 5.71. The van der Waals surface area contributed by atoms with E-state index >= 15 is 0 Å². The maximum Gasteiger partial charge on any atom is 0.280 e. The van der Waals surface area contributed by atoms with Gasteiger partial charge in [-0.2, -0.15) is 0 Å². The quantitative estimate of drug-likeness (QED) is 0.632. The van der Waals surface area contributed by atoms with Crippen LogP contribution in [0, 0.1) is 6.92 Å². The number of anilines is 1. The highest BCUT2D eigenvalue weighted by Gasteiger charge is 2.28. The van der Waals surface area contributed by atoms with E-state index in [-0.39, 0.29) is 5.91 Å². The van der Waals surface area contributed by atoms with Crippen LogP contribution in [0.3, 0.4) is 0 Å². The highest BCUT2D eigenvalue weighted by molar-refractivity contribution is 7.99. The number of benzene rings is 2. The molecule has 126 valence electrons. The molecule has 0 saturated carbocycles. The average molecular weight is 371 g/mol. The van der Waals surface area contributed by atoms with Crippen molar-refractivity contribution in [3.63, 3.8) is 0 Å². The molecule has 0 unspecified atom stereocenters. The van der Waals surface area contributed by atoms with Crippen LogP contribution in [0.25, 0.3) is 11.5 Å². The molecule has 0 N–H and O–H groups in total. The van der Waals surface area contributed by atoms with E-state index in [0.29, 0.717) is 28.9 Å². The van der Waals surface area contributed by atoms with Gasteiger partial charge in [-0.05, 0) is 37.3 Å². The van der Waals surface area contributed by atoms with E-state index in [4.69, 9.17) is 16.0 Å². The molecule has 25 heavy (non-hydrogen) atoms. The Balaban J connectivity index is 1.71. The van der Waals surface area contributed by atoms with Crippen molar-refractivity contribution >= 4 is 35.0 Å². The number of halogens is 1. The number of rotatable bonds is 2. The first-order valence-electron chi connectivity index (χ1n) is 7.90. The predicted molar refractivity (Wildman–Crippen MR) is 101 cm³/mol. The van der Waals surface area contributed by atoms with Crippen molar-refractivity contribution in [1.82, 2.24) is 4.98 Å². The Kier molecular flexibility index (Phi) is 4.27. The molecule has 1 aromatic heterocycles. The molecule has 2 aromatic carbocycles. The Hall–Kier alpha value is -2.24. The summed E-state index contributed by atoms with van der Waals surface area (Å²) in [5, 5.41) is 0.612. The molecule has 0 atom stereocenters. The van der Waals surface area contributed by atoms with E-state index < -0.39 is 0 Å². The number of aryl methyl sites for hydroxylation is 1. The van der Waals surface area contributed by atoms with Crippen LogP contribution in [0.5, 0.6) is 0 Å². The summed E-state index contributed by atoms with van der Waals surface area (Å²) in [5.74, 6) is 1.65. The number of hydrogen-bond donors (Lipinski definition) is 0. The first-order valence-corrected chi connectivity index (χ1v) is 9.27. The standard InChI is InChI=1S/C19H15ClN2O2S/c1-12-17(21-18(24-12)13-5-3-2-4-6-13)19(23)22-9-10-25-16-8-7-14(20)11-15(16)22/h2-8,11H,9-10H2,1H3. The molecular weight excluding hydrogens is 356 g/mol. The van der Waals surface area contributed by atoms with Crippen molar-refractivity contribution < 1.29 is 9.21 Å². The van der Waals surface area contributed by atoms with Gasteiger partial charge >= 0.3 is 0 Å². The summed E-state index contributed by atoms with van der Waals surface area (Å²) in [7, 11) is 0. The van der Waals surface area contributed by atoms with Gasteiger partial charge in [-0.25, -0.2) is 4.98 Å². The van der Waals surface area contributed by atoms with Gasteiger partial charge in [-0.1, -0.05) is 29.8 Å². The van der Waals surface area contributed by atoms with Crippen molar-refractivity contribution in [2.45, 2.75) is 11.8 Å². The molecule has 0 saturated heterocycles. The number of amides is 1. The molecule has 4 rings (SSSR count). The summed E-state index contributed by atoms with van der Waals surface area (Å²) in [6.07, 6.45) is 0.